The second-order valence-corrected chi connectivity index (χ2v) is 10.3. The molecule has 1 aromatic carbocycles. The van der Waals surface area contributed by atoms with E-state index < -0.39 is 23.7 Å². The second-order valence-electron chi connectivity index (χ2n) is 9.87. The molecule has 2 rings (SSSR count). The predicted molar refractivity (Wildman–Crippen MR) is 131 cm³/mol. The van der Waals surface area contributed by atoms with Gasteiger partial charge in [-0.3, -0.25) is 4.79 Å². The molecular formula is C26H39ClO7. The van der Waals surface area contributed by atoms with Crippen LogP contribution in [0, 0.1) is 17.3 Å². The molecule has 192 valence electrons. The van der Waals surface area contributed by atoms with E-state index in [1.54, 1.807) is 45.0 Å². The highest BCUT2D eigenvalue weighted by molar-refractivity contribution is 6.30. The summed E-state index contributed by atoms with van der Waals surface area (Å²) in [6.45, 7) is 6.45. The highest BCUT2D eigenvalue weighted by Gasteiger charge is 2.40. The molecule has 3 N–H and O–H groups in total. The Labute approximate surface area is 207 Å². The summed E-state index contributed by atoms with van der Waals surface area (Å²) in [6.07, 6.45) is 3.96. The first-order valence-electron chi connectivity index (χ1n) is 11.9. The average molecular weight is 499 g/mol. The Morgan fingerprint density at radius 1 is 1.18 bits per heavy atom. The molecule has 0 aliphatic heterocycles. The number of allylic oxidation sites excluding steroid dienone is 1. The molecule has 34 heavy (non-hydrogen) atoms. The van der Waals surface area contributed by atoms with Gasteiger partial charge in [-0.2, -0.15) is 0 Å². The van der Waals surface area contributed by atoms with Crippen molar-refractivity contribution in [1.82, 2.24) is 0 Å². The predicted octanol–water partition coefficient (Wildman–Crippen LogP) is 3.77. The summed E-state index contributed by atoms with van der Waals surface area (Å²) >= 11 is 5.94. The van der Waals surface area contributed by atoms with Crippen molar-refractivity contribution in [3.63, 3.8) is 0 Å². The third-order valence-corrected chi connectivity index (χ3v) is 6.19. The standard InChI is InChI=1S/C26H39ClO7/c1-26(2,3)25(31)33-14-13-32-12-5-4-9-21-22(24(30)16-23(21)29)11-10-19(28)17-34-20-8-6-7-18(27)15-20/h4-8,15,19,21-24,28-30H,9-14,16-17H2,1-3H3/b5-4-/t19-,21?,22?,23+,24-/m0/s1. The van der Waals surface area contributed by atoms with Crippen LogP contribution in [0.2, 0.25) is 5.02 Å². The molecule has 2 unspecified atom stereocenters. The fourth-order valence-corrected chi connectivity index (χ4v) is 4.19. The maximum atomic E-state index is 11.7. The number of ether oxygens (including phenoxy) is 3. The zero-order chi connectivity index (χ0) is 25.1. The summed E-state index contributed by atoms with van der Waals surface area (Å²) in [5.41, 5.74) is -0.525. The maximum Gasteiger partial charge on any atom is 0.311 e. The fourth-order valence-electron chi connectivity index (χ4n) is 4.01. The lowest BCUT2D eigenvalue weighted by molar-refractivity contribution is -0.154. The number of hydrogen-bond acceptors (Lipinski definition) is 7. The highest BCUT2D eigenvalue weighted by atomic mass is 35.5. The minimum absolute atomic E-state index is 0.0833. The number of halogens is 1. The summed E-state index contributed by atoms with van der Waals surface area (Å²) < 4.78 is 16.2. The van der Waals surface area contributed by atoms with Crippen LogP contribution in [-0.4, -0.2) is 66.0 Å². The highest BCUT2D eigenvalue weighted by Crippen LogP contribution is 2.38. The molecule has 1 fully saturated rings. The van der Waals surface area contributed by atoms with Crippen molar-refractivity contribution in [3.8, 4) is 5.75 Å². The number of carbonyl (C=O) groups is 1. The van der Waals surface area contributed by atoms with Gasteiger partial charge in [0.1, 0.15) is 19.0 Å². The van der Waals surface area contributed by atoms with Crippen LogP contribution in [0.15, 0.2) is 36.4 Å². The van der Waals surface area contributed by atoms with Crippen molar-refractivity contribution in [2.45, 2.75) is 64.8 Å². The SMILES string of the molecule is CC(C)(C)C(=O)OCCOC/C=C\CC1C(CC[C@H](O)COc2cccc(Cl)c2)[C@@H](O)C[C@H]1O. The molecule has 0 spiro atoms. The normalized spacial score (nSPS) is 23.9. The Morgan fingerprint density at radius 3 is 2.62 bits per heavy atom. The number of carbonyl (C=O) groups excluding carboxylic acids is 1. The zero-order valence-corrected chi connectivity index (χ0v) is 21.1. The van der Waals surface area contributed by atoms with E-state index >= 15 is 0 Å². The van der Waals surface area contributed by atoms with Crippen molar-refractivity contribution < 1.29 is 34.3 Å². The minimum Gasteiger partial charge on any atom is -0.491 e. The van der Waals surface area contributed by atoms with Crippen molar-refractivity contribution in [2.75, 3.05) is 26.4 Å². The molecule has 0 amide bonds. The van der Waals surface area contributed by atoms with E-state index in [2.05, 4.69) is 0 Å². The molecular weight excluding hydrogens is 460 g/mol. The number of benzene rings is 1. The van der Waals surface area contributed by atoms with Crippen LogP contribution in [0.5, 0.6) is 5.75 Å². The van der Waals surface area contributed by atoms with Gasteiger partial charge in [-0.1, -0.05) is 29.8 Å². The molecule has 1 aliphatic carbocycles. The van der Waals surface area contributed by atoms with E-state index in [1.165, 1.54) is 0 Å². The summed E-state index contributed by atoms with van der Waals surface area (Å²) in [5.74, 6) is 0.159. The molecule has 0 bridgehead atoms. The largest absolute Gasteiger partial charge is 0.491 e. The van der Waals surface area contributed by atoms with Gasteiger partial charge in [-0.15, -0.1) is 0 Å². The smallest absolute Gasteiger partial charge is 0.311 e. The summed E-state index contributed by atoms with van der Waals surface area (Å²) in [6, 6.07) is 7.00. The van der Waals surface area contributed by atoms with Gasteiger partial charge in [0.05, 0.1) is 36.9 Å². The first kappa shape index (κ1) is 28.6. The van der Waals surface area contributed by atoms with Gasteiger partial charge in [0, 0.05) is 5.02 Å². The van der Waals surface area contributed by atoms with Crippen LogP contribution < -0.4 is 4.74 Å². The maximum absolute atomic E-state index is 11.7. The van der Waals surface area contributed by atoms with E-state index in [4.69, 9.17) is 25.8 Å². The molecule has 1 aromatic rings. The summed E-state index contributed by atoms with van der Waals surface area (Å²) in [4.78, 5) is 11.7. The van der Waals surface area contributed by atoms with Crippen molar-refractivity contribution in [1.29, 1.82) is 0 Å². The first-order chi connectivity index (χ1) is 16.1. The van der Waals surface area contributed by atoms with Gasteiger partial charge in [-0.25, -0.2) is 0 Å². The summed E-state index contributed by atoms with van der Waals surface area (Å²) in [5, 5.41) is 31.7. The Morgan fingerprint density at radius 2 is 1.91 bits per heavy atom. The van der Waals surface area contributed by atoms with E-state index in [0.29, 0.717) is 49.7 Å². The van der Waals surface area contributed by atoms with Crippen LogP contribution in [0.3, 0.4) is 0 Å². The molecule has 8 heteroatoms. The van der Waals surface area contributed by atoms with Crippen LogP contribution in [0.1, 0.15) is 46.5 Å². The topological polar surface area (TPSA) is 105 Å². The molecule has 1 aliphatic rings. The number of hydrogen-bond donors (Lipinski definition) is 3. The molecule has 5 atom stereocenters. The Bertz CT molecular complexity index is 777. The van der Waals surface area contributed by atoms with Gasteiger partial charge < -0.3 is 29.5 Å². The average Bonchev–Trinajstić information content (AvgIpc) is 3.03. The molecule has 0 radical (unpaired) electrons. The third-order valence-electron chi connectivity index (χ3n) is 5.96. The second kappa shape index (κ2) is 14.0. The number of aliphatic hydroxyl groups is 3. The third kappa shape index (κ3) is 9.92. The zero-order valence-electron chi connectivity index (χ0n) is 20.4. The molecule has 0 heterocycles. The lowest BCUT2D eigenvalue weighted by atomic mass is 9.86. The first-order valence-corrected chi connectivity index (χ1v) is 12.3. The van der Waals surface area contributed by atoms with Crippen molar-refractivity contribution in [3.05, 3.63) is 41.4 Å². The van der Waals surface area contributed by atoms with Gasteiger partial charge in [-0.05, 0) is 76.5 Å². The molecule has 0 aromatic heterocycles. The Kier molecular flexibility index (Phi) is 11.8. The number of rotatable bonds is 13. The van der Waals surface area contributed by atoms with E-state index in [0.717, 1.165) is 0 Å². The molecule has 0 saturated heterocycles. The Hall–Kier alpha value is -1.64. The van der Waals surface area contributed by atoms with Crippen LogP contribution in [-0.2, 0) is 14.3 Å². The Balaban J connectivity index is 1.68. The minimum atomic E-state index is -0.680. The van der Waals surface area contributed by atoms with Crippen molar-refractivity contribution in [2.24, 2.45) is 17.3 Å². The quantitative estimate of drug-likeness (QED) is 0.216. The van der Waals surface area contributed by atoms with E-state index in [9.17, 15) is 20.1 Å². The van der Waals surface area contributed by atoms with E-state index in [1.807, 2.05) is 12.2 Å². The van der Waals surface area contributed by atoms with Gasteiger partial charge in [0.2, 0.25) is 0 Å². The number of aliphatic hydroxyl groups excluding tert-OH is 3. The fraction of sp³-hybridized carbons (Fsp3) is 0.654. The van der Waals surface area contributed by atoms with E-state index in [-0.39, 0.29) is 31.0 Å². The lowest BCUT2D eigenvalue weighted by Gasteiger charge is -2.23. The van der Waals surface area contributed by atoms with Crippen LogP contribution in [0.4, 0.5) is 0 Å². The van der Waals surface area contributed by atoms with Gasteiger partial charge in [0.25, 0.3) is 0 Å². The molecule has 7 nitrogen and oxygen atoms in total. The number of esters is 1. The van der Waals surface area contributed by atoms with Crippen molar-refractivity contribution >= 4 is 17.6 Å². The van der Waals surface area contributed by atoms with Crippen LogP contribution in [0.25, 0.3) is 0 Å². The summed E-state index contributed by atoms with van der Waals surface area (Å²) in [7, 11) is 0. The van der Waals surface area contributed by atoms with Gasteiger partial charge >= 0.3 is 5.97 Å². The van der Waals surface area contributed by atoms with Gasteiger partial charge in [0.15, 0.2) is 0 Å². The molecule has 1 saturated carbocycles. The lowest BCUT2D eigenvalue weighted by Crippen LogP contribution is -2.25. The monoisotopic (exact) mass is 498 g/mol. The van der Waals surface area contributed by atoms with Crippen LogP contribution >= 0.6 is 11.6 Å².